The Labute approximate surface area is 190 Å². The van der Waals surface area contributed by atoms with Gasteiger partial charge in [-0.25, -0.2) is 27.9 Å². The lowest BCUT2D eigenvalue weighted by atomic mass is 10.1. The van der Waals surface area contributed by atoms with Crippen molar-refractivity contribution < 1.29 is 21.6 Å². The highest BCUT2D eigenvalue weighted by atomic mass is 35.5. The zero-order valence-electron chi connectivity index (χ0n) is 16.8. The van der Waals surface area contributed by atoms with Gasteiger partial charge in [-0.05, 0) is 29.8 Å². The monoisotopic (exact) mass is 494 g/mol. The molecular formula is C21H14ClF3N4O3S. The Morgan fingerprint density at radius 1 is 1.00 bits per heavy atom. The van der Waals surface area contributed by atoms with Crippen LogP contribution in [0.25, 0.3) is 28.0 Å². The SMILES string of the molecule is CCS(=O)(=O)c1cc(-c2ccc(Cl)cc2)cnc1-n1cnc2cc(C(F)(F)F)cnc2c1=O. The van der Waals surface area contributed by atoms with Crippen molar-refractivity contribution in [1.29, 1.82) is 0 Å². The van der Waals surface area contributed by atoms with Crippen LogP contribution in [0.3, 0.4) is 0 Å². The van der Waals surface area contributed by atoms with Gasteiger partial charge < -0.3 is 0 Å². The van der Waals surface area contributed by atoms with Crippen molar-refractivity contribution in [1.82, 2.24) is 19.5 Å². The minimum Gasteiger partial charge on any atom is -0.266 e. The first-order valence-electron chi connectivity index (χ1n) is 9.45. The van der Waals surface area contributed by atoms with Gasteiger partial charge in [0.05, 0.1) is 16.8 Å². The highest BCUT2D eigenvalue weighted by Crippen LogP contribution is 2.30. The summed E-state index contributed by atoms with van der Waals surface area (Å²) in [6, 6.07) is 8.73. The van der Waals surface area contributed by atoms with E-state index >= 15 is 0 Å². The third-order valence-corrected chi connectivity index (χ3v) is 6.86. The minimum absolute atomic E-state index is 0.226. The van der Waals surface area contributed by atoms with Gasteiger partial charge in [0.2, 0.25) is 0 Å². The molecule has 0 N–H and O–H groups in total. The highest BCUT2D eigenvalue weighted by Gasteiger charge is 2.31. The highest BCUT2D eigenvalue weighted by molar-refractivity contribution is 7.91. The summed E-state index contributed by atoms with van der Waals surface area (Å²) < 4.78 is 65.4. The summed E-state index contributed by atoms with van der Waals surface area (Å²) >= 11 is 5.91. The van der Waals surface area contributed by atoms with Gasteiger partial charge in [0.1, 0.15) is 11.2 Å². The molecule has 0 fully saturated rings. The Bertz CT molecular complexity index is 1540. The summed E-state index contributed by atoms with van der Waals surface area (Å²) in [7, 11) is -3.86. The Balaban J connectivity index is 1.93. The molecule has 4 rings (SSSR count). The van der Waals surface area contributed by atoms with E-state index in [0.717, 1.165) is 10.9 Å². The lowest BCUT2D eigenvalue weighted by Crippen LogP contribution is -2.23. The number of pyridine rings is 2. The maximum absolute atomic E-state index is 13.0. The molecule has 7 nitrogen and oxygen atoms in total. The van der Waals surface area contributed by atoms with Crippen LogP contribution < -0.4 is 5.56 Å². The summed E-state index contributed by atoms with van der Waals surface area (Å²) in [5.41, 5.74) is -1.42. The fourth-order valence-corrected chi connectivity index (χ4v) is 4.28. The number of hydrogen-bond acceptors (Lipinski definition) is 6. The average molecular weight is 495 g/mol. The molecule has 33 heavy (non-hydrogen) atoms. The molecule has 0 amide bonds. The maximum Gasteiger partial charge on any atom is 0.417 e. The van der Waals surface area contributed by atoms with Crippen LogP contribution in [-0.4, -0.2) is 33.7 Å². The lowest BCUT2D eigenvalue weighted by Gasteiger charge is -2.13. The molecule has 0 aliphatic heterocycles. The van der Waals surface area contributed by atoms with Crippen molar-refractivity contribution in [3.63, 3.8) is 0 Å². The van der Waals surface area contributed by atoms with Crippen molar-refractivity contribution in [2.75, 3.05) is 5.75 Å². The molecule has 0 unspecified atom stereocenters. The molecular weight excluding hydrogens is 481 g/mol. The molecule has 3 aromatic heterocycles. The molecule has 0 bridgehead atoms. The van der Waals surface area contributed by atoms with Gasteiger partial charge in [0, 0.05) is 23.0 Å². The van der Waals surface area contributed by atoms with E-state index in [1.165, 1.54) is 19.2 Å². The normalized spacial score (nSPS) is 12.3. The molecule has 0 saturated carbocycles. The number of benzene rings is 1. The standard InChI is InChI=1S/C21H14ClF3N4O3S/c1-2-33(31,32)17-7-13(12-3-5-15(22)6-4-12)9-27-19(17)29-11-28-16-8-14(21(23,24)25)10-26-18(16)20(29)30/h3-11H,2H2,1H3. The van der Waals surface area contributed by atoms with E-state index in [1.54, 1.807) is 24.3 Å². The first-order chi connectivity index (χ1) is 15.5. The number of rotatable bonds is 4. The molecule has 4 aromatic rings. The first kappa shape index (κ1) is 22.9. The molecule has 170 valence electrons. The molecule has 3 heterocycles. The van der Waals surface area contributed by atoms with Gasteiger partial charge in [0.25, 0.3) is 5.56 Å². The smallest absolute Gasteiger partial charge is 0.266 e. The van der Waals surface area contributed by atoms with E-state index in [-0.39, 0.29) is 27.5 Å². The Hall–Kier alpha value is -3.31. The summed E-state index contributed by atoms with van der Waals surface area (Å²) in [4.78, 5) is 24.4. The van der Waals surface area contributed by atoms with Crippen LogP contribution in [0.2, 0.25) is 5.02 Å². The second kappa shape index (κ2) is 8.23. The van der Waals surface area contributed by atoms with Crippen LogP contribution in [0.5, 0.6) is 0 Å². The number of alkyl halides is 3. The van der Waals surface area contributed by atoms with E-state index in [2.05, 4.69) is 15.0 Å². The zero-order valence-corrected chi connectivity index (χ0v) is 18.4. The van der Waals surface area contributed by atoms with Crippen molar-refractivity contribution in [3.05, 3.63) is 76.1 Å². The van der Waals surface area contributed by atoms with Crippen LogP contribution in [0.4, 0.5) is 13.2 Å². The number of hydrogen-bond donors (Lipinski definition) is 0. The quantitative estimate of drug-likeness (QED) is 0.419. The van der Waals surface area contributed by atoms with Gasteiger partial charge >= 0.3 is 6.18 Å². The van der Waals surface area contributed by atoms with E-state index in [9.17, 15) is 26.4 Å². The number of sulfone groups is 1. The molecule has 0 atom stereocenters. The number of fused-ring (bicyclic) bond motifs is 1. The second-order valence-corrected chi connectivity index (χ2v) is 9.65. The molecule has 0 radical (unpaired) electrons. The number of aromatic nitrogens is 4. The Morgan fingerprint density at radius 2 is 1.70 bits per heavy atom. The molecule has 0 aliphatic rings. The third-order valence-electron chi connectivity index (χ3n) is 4.88. The largest absolute Gasteiger partial charge is 0.417 e. The third kappa shape index (κ3) is 4.33. The minimum atomic E-state index is -4.65. The molecule has 0 saturated heterocycles. The van der Waals surface area contributed by atoms with Crippen molar-refractivity contribution in [2.24, 2.45) is 0 Å². The van der Waals surface area contributed by atoms with Gasteiger partial charge in [-0.15, -0.1) is 0 Å². The molecule has 1 aromatic carbocycles. The van der Waals surface area contributed by atoms with Crippen molar-refractivity contribution in [3.8, 4) is 16.9 Å². The first-order valence-corrected chi connectivity index (χ1v) is 11.5. The predicted molar refractivity (Wildman–Crippen MR) is 116 cm³/mol. The van der Waals surface area contributed by atoms with E-state index in [4.69, 9.17) is 11.6 Å². The van der Waals surface area contributed by atoms with Crippen molar-refractivity contribution >= 4 is 32.5 Å². The van der Waals surface area contributed by atoms with Crippen LogP contribution in [0.1, 0.15) is 12.5 Å². The van der Waals surface area contributed by atoms with E-state index in [0.29, 0.717) is 28.4 Å². The number of halogens is 4. The van der Waals surface area contributed by atoms with Gasteiger partial charge in [-0.1, -0.05) is 30.7 Å². The summed E-state index contributed by atoms with van der Waals surface area (Å²) in [5.74, 6) is -0.495. The fraction of sp³-hybridized carbons (Fsp3) is 0.143. The Kier molecular flexibility index (Phi) is 5.71. The zero-order chi connectivity index (χ0) is 24.0. The fourth-order valence-electron chi connectivity index (χ4n) is 3.11. The predicted octanol–water partition coefficient (Wildman–Crippen LogP) is 4.31. The molecule has 0 aliphatic carbocycles. The van der Waals surface area contributed by atoms with Gasteiger partial charge in [-0.2, -0.15) is 13.2 Å². The molecule has 0 spiro atoms. The maximum atomic E-state index is 13.0. The summed E-state index contributed by atoms with van der Waals surface area (Å²) in [6.45, 7) is 1.44. The lowest BCUT2D eigenvalue weighted by molar-refractivity contribution is -0.137. The van der Waals surface area contributed by atoms with Crippen LogP contribution in [0.15, 0.2) is 64.8 Å². The topological polar surface area (TPSA) is 94.8 Å². The van der Waals surface area contributed by atoms with Gasteiger partial charge in [0.15, 0.2) is 21.2 Å². The second-order valence-electron chi connectivity index (χ2n) is 6.97. The average Bonchev–Trinajstić information content (AvgIpc) is 2.79. The van der Waals surface area contributed by atoms with E-state index in [1.807, 2.05) is 0 Å². The number of nitrogens with zero attached hydrogens (tertiary/aromatic N) is 4. The summed E-state index contributed by atoms with van der Waals surface area (Å²) in [6.07, 6.45) is -1.81. The summed E-state index contributed by atoms with van der Waals surface area (Å²) in [5, 5.41) is 0.500. The Morgan fingerprint density at radius 3 is 2.33 bits per heavy atom. The van der Waals surface area contributed by atoms with Crippen LogP contribution in [0, 0.1) is 0 Å². The van der Waals surface area contributed by atoms with Crippen molar-refractivity contribution in [2.45, 2.75) is 18.0 Å². The molecule has 12 heteroatoms. The van der Waals surface area contributed by atoms with E-state index < -0.39 is 27.1 Å². The van der Waals surface area contributed by atoms with Crippen LogP contribution >= 0.6 is 11.6 Å². The van der Waals surface area contributed by atoms with Gasteiger partial charge in [-0.3, -0.25) is 4.79 Å². The van der Waals surface area contributed by atoms with Crippen LogP contribution in [-0.2, 0) is 16.0 Å².